The van der Waals surface area contributed by atoms with Crippen molar-refractivity contribution in [1.82, 2.24) is 10.3 Å². The van der Waals surface area contributed by atoms with Gasteiger partial charge in [-0.1, -0.05) is 12.1 Å². The van der Waals surface area contributed by atoms with Gasteiger partial charge in [0, 0.05) is 18.7 Å². The number of nitrogens with zero attached hydrogens (tertiary/aromatic N) is 1. The maximum atomic E-state index is 13.2. The van der Waals surface area contributed by atoms with Crippen LogP contribution in [0.25, 0.3) is 0 Å². The third kappa shape index (κ3) is 3.99. The summed E-state index contributed by atoms with van der Waals surface area (Å²) in [6, 6.07) is 8.39. The number of ether oxygens (including phenoxy) is 1. The molecule has 2 atom stereocenters. The molecule has 0 spiro atoms. The summed E-state index contributed by atoms with van der Waals surface area (Å²) < 4.78 is 31.2. The highest BCUT2D eigenvalue weighted by atomic mass is 19.2. The van der Waals surface area contributed by atoms with Crippen LogP contribution in [0, 0.1) is 11.6 Å². The Morgan fingerprint density at radius 2 is 2.00 bits per heavy atom. The van der Waals surface area contributed by atoms with Gasteiger partial charge in [-0.2, -0.15) is 0 Å². The highest BCUT2D eigenvalue weighted by molar-refractivity contribution is 5.21. The molecule has 2 aromatic rings. The topological polar surface area (TPSA) is 54.4 Å². The highest BCUT2D eigenvalue weighted by Gasteiger charge is 2.17. The second kappa shape index (κ2) is 7.29. The van der Waals surface area contributed by atoms with Gasteiger partial charge in [-0.25, -0.2) is 13.8 Å². The number of halogens is 2. The number of benzene rings is 1. The standard InChI is InChI=1S/C16H18F2N2O2/c1-10(16(21)11-6-7-13(17)14(18)8-11)19-9-12-4-3-5-15(20-12)22-2/h3-8,10,16,19,21H,9H2,1-2H3/t10-,16+/m1/s1. The summed E-state index contributed by atoms with van der Waals surface area (Å²) in [5.41, 5.74) is 1.07. The highest BCUT2D eigenvalue weighted by Crippen LogP contribution is 2.19. The lowest BCUT2D eigenvalue weighted by molar-refractivity contribution is 0.134. The largest absolute Gasteiger partial charge is 0.481 e. The number of pyridine rings is 1. The second-order valence-electron chi connectivity index (χ2n) is 4.96. The van der Waals surface area contributed by atoms with Crippen LogP contribution in [0.15, 0.2) is 36.4 Å². The molecule has 1 heterocycles. The van der Waals surface area contributed by atoms with E-state index in [1.54, 1.807) is 13.0 Å². The number of aromatic nitrogens is 1. The lowest BCUT2D eigenvalue weighted by atomic mass is 10.0. The first-order valence-electron chi connectivity index (χ1n) is 6.87. The minimum absolute atomic E-state index is 0.317. The van der Waals surface area contributed by atoms with E-state index in [1.807, 2.05) is 12.1 Å². The Hall–Kier alpha value is -2.05. The van der Waals surface area contributed by atoms with Crippen LogP contribution in [0.5, 0.6) is 5.88 Å². The van der Waals surface area contributed by atoms with E-state index < -0.39 is 17.7 Å². The predicted molar refractivity (Wildman–Crippen MR) is 78.4 cm³/mol. The van der Waals surface area contributed by atoms with Crippen LogP contribution < -0.4 is 10.1 Å². The number of aliphatic hydroxyl groups excluding tert-OH is 1. The van der Waals surface area contributed by atoms with E-state index in [4.69, 9.17) is 4.74 Å². The molecule has 118 valence electrons. The summed E-state index contributed by atoms with van der Waals surface area (Å²) in [7, 11) is 1.54. The summed E-state index contributed by atoms with van der Waals surface area (Å²) in [5.74, 6) is -1.40. The third-order valence-electron chi connectivity index (χ3n) is 3.35. The first-order chi connectivity index (χ1) is 10.5. The fraction of sp³-hybridized carbons (Fsp3) is 0.312. The van der Waals surface area contributed by atoms with Crippen LogP contribution in [-0.2, 0) is 6.54 Å². The van der Waals surface area contributed by atoms with Gasteiger partial charge >= 0.3 is 0 Å². The molecule has 0 amide bonds. The normalized spacial score (nSPS) is 13.7. The molecule has 2 N–H and O–H groups in total. The Morgan fingerprint density at radius 3 is 2.68 bits per heavy atom. The molecule has 0 aliphatic rings. The molecular weight excluding hydrogens is 290 g/mol. The summed E-state index contributed by atoms with van der Waals surface area (Å²) >= 11 is 0. The molecule has 0 aliphatic carbocycles. The number of nitrogens with one attached hydrogen (secondary N) is 1. The zero-order chi connectivity index (χ0) is 16.1. The van der Waals surface area contributed by atoms with Crippen molar-refractivity contribution in [3.63, 3.8) is 0 Å². The summed E-state index contributed by atoms with van der Waals surface area (Å²) in [4.78, 5) is 4.25. The molecule has 0 unspecified atom stereocenters. The molecule has 6 heteroatoms. The zero-order valence-corrected chi connectivity index (χ0v) is 12.4. The van der Waals surface area contributed by atoms with Gasteiger partial charge in [-0.15, -0.1) is 0 Å². The first-order valence-corrected chi connectivity index (χ1v) is 6.87. The molecule has 2 rings (SSSR count). The second-order valence-corrected chi connectivity index (χ2v) is 4.96. The fourth-order valence-corrected chi connectivity index (χ4v) is 2.03. The van der Waals surface area contributed by atoms with Gasteiger partial charge < -0.3 is 15.2 Å². The van der Waals surface area contributed by atoms with Gasteiger partial charge in [0.2, 0.25) is 5.88 Å². The molecule has 4 nitrogen and oxygen atoms in total. The number of hydrogen-bond donors (Lipinski definition) is 2. The maximum absolute atomic E-state index is 13.2. The molecule has 1 aromatic heterocycles. The minimum Gasteiger partial charge on any atom is -0.481 e. The van der Waals surface area contributed by atoms with Gasteiger partial charge in [0.05, 0.1) is 18.9 Å². The third-order valence-corrected chi connectivity index (χ3v) is 3.35. The molecule has 22 heavy (non-hydrogen) atoms. The first kappa shape index (κ1) is 16.3. The zero-order valence-electron chi connectivity index (χ0n) is 12.4. The van der Waals surface area contributed by atoms with Gasteiger partial charge in [0.25, 0.3) is 0 Å². The van der Waals surface area contributed by atoms with E-state index in [9.17, 15) is 13.9 Å². The fourth-order valence-electron chi connectivity index (χ4n) is 2.03. The molecule has 0 saturated heterocycles. The van der Waals surface area contributed by atoms with Gasteiger partial charge in [-0.3, -0.25) is 0 Å². The Balaban J connectivity index is 1.98. The van der Waals surface area contributed by atoms with E-state index in [0.29, 0.717) is 18.0 Å². The molecule has 0 aliphatic heterocycles. The van der Waals surface area contributed by atoms with Crippen LogP contribution in [0.3, 0.4) is 0 Å². The number of aliphatic hydroxyl groups is 1. The van der Waals surface area contributed by atoms with Crippen LogP contribution in [0.1, 0.15) is 24.3 Å². The van der Waals surface area contributed by atoms with Gasteiger partial charge in [0.15, 0.2) is 11.6 Å². The number of methoxy groups -OCH3 is 1. The molecule has 0 fully saturated rings. The van der Waals surface area contributed by atoms with E-state index in [-0.39, 0.29) is 6.04 Å². The monoisotopic (exact) mass is 308 g/mol. The molecule has 1 aromatic carbocycles. The quantitative estimate of drug-likeness (QED) is 0.861. The number of rotatable bonds is 6. The van der Waals surface area contributed by atoms with E-state index in [1.165, 1.54) is 13.2 Å². The van der Waals surface area contributed by atoms with Crippen molar-refractivity contribution in [2.24, 2.45) is 0 Å². The SMILES string of the molecule is COc1cccc(CN[C@H](C)[C@H](O)c2ccc(F)c(F)c2)n1. The lowest BCUT2D eigenvalue weighted by Gasteiger charge is -2.20. The maximum Gasteiger partial charge on any atom is 0.213 e. The van der Waals surface area contributed by atoms with E-state index in [2.05, 4.69) is 10.3 Å². The minimum atomic E-state index is -0.974. The van der Waals surface area contributed by atoms with Crippen LogP contribution in [0.4, 0.5) is 8.78 Å². The summed E-state index contributed by atoms with van der Waals surface area (Å²) in [6.45, 7) is 2.17. The van der Waals surface area contributed by atoms with Crippen molar-refractivity contribution in [2.45, 2.75) is 25.6 Å². The Labute approximate surface area is 127 Å². The van der Waals surface area contributed by atoms with Crippen LogP contribution in [0.2, 0.25) is 0 Å². The molecule has 0 saturated carbocycles. The van der Waals surface area contributed by atoms with Crippen molar-refractivity contribution >= 4 is 0 Å². The predicted octanol–water partition coefficient (Wildman–Crippen LogP) is 2.58. The van der Waals surface area contributed by atoms with Gasteiger partial charge in [-0.05, 0) is 30.7 Å². The number of hydrogen-bond acceptors (Lipinski definition) is 4. The van der Waals surface area contributed by atoms with Crippen LogP contribution >= 0.6 is 0 Å². The smallest absolute Gasteiger partial charge is 0.213 e. The van der Waals surface area contributed by atoms with Crippen molar-refractivity contribution in [3.8, 4) is 5.88 Å². The van der Waals surface area contributed by atoms with Gasteiger partial charge in [0.1, 0.15) is 0 Å². The lowest BCUT2D eigenvalue weighted by Crippen LogP contribution is -2.32. The van der Waals surface area contributed by atoms with E-state index >= 15 is 0 Å². The van der Waals surface area contributed by atoms with Crippen molar-refractivity contribution in [3.05, 3.63) is 59.3 Å². The Kier molecular flexibility index (Phi) is 5.41. The molecule has 0 radical (unpaired) electrons. The van der Waals surface area contributed by atoms with E-state index in [0.717, 1.165) is 17.8 Å². The van der Waals surface area contributed by atoms with Crippen molar-refractivity contribution in [2.75, 3.05) is 7.11 Å². The molecular formula is C16H18F2N2O2. The van der Waals surface area contributed by atoms with Crippen molar-refractivity contribution in [1.29, 1.82) is 0 Å². The average molecular weight is 308 g/mol. The van der Waals surface area contributed by atoms with Crippen molar-refractivity contribution < 1.29 is 18.6 Å². The Morgan fingerprint density at radius 1 is 1.23 bits per heavy atom. The summed E-state index contributed by atoms with van der Waals surface area (Å²) in [5, 5.41) is 13.3. The Bertz CT molecular complexity index is 637. The average Bonchev–Trinajstić information content (AvgIpc) is 2.54. The molecule has 0 bridgehead atoms. The summed E-state index contributed by atoms with van der Waals surface area (Å²) in [6.07, 6.45) is -0.958. The van der Waals surface area contributed by atoms with Crippen LogP contribution in [-0.4, -0.2) is 23.2 Å².